The average Bonchev–Trinajstić information content (AvgIpc) is 3.41. The van der Waals surface area contributed by atoms with Crippen molar-refractivity contribution in [1.29, 1.82) is 0 Å². The number of amides is 2. The van der Waals surface area contributed by atoms with Crippen LogP contribution in [0.5, 0.6) is 5.75 Å². The van der Waals surface area contributed by atoms with Crippen LogP contribution in [-0.2, 0) is 19.8 Å². The molecule has 2 aliphatic rings. The van der Waals surface area contributed by atoms with E-state index in [0.29, 0.717) is 22.7 Å². The van der Waals surface area contributed by atoms with Gasteiger partial charge in [0.2, 0.25) is 5.91 Å². The molecule has 2 heterocycles. The Morgan fingerprint density at radius 1 is 0.784 bits per heavy atom. The summed E-state index contributed by atoms with van der Waals surface area (Å²) in [6.07, 6.45) is -1.14. The molecule has 2 aliphatic heterocycles. The SMILES string of the molecule is COc1ccc([C@H]2N(c3ccccc3)O[C@@H]3C(=O)N(c4ccc(F)cc4)C(=O)[C@@]32c2ccccc2)cc1. The highest BCUT2D eigenvalue weighted by atomic mass is 19.1. The van der Waals surface area contributed by atoms with E-state index in [1.807, 2.05) is 84.9 Å². The smallest absolute Gasteiger partial charge is 0.267 e. The van der Waals surface area contributed by atoms with E-state index in [-0.39, 0.29) is 0 Å². The van der Waals surface area contributed by atoms with Crippen molar-refractivity contribution in [2.24, 2.45) is 0 Å². The third-order valence-electron chi connectivity index (χ3n) is 7.08. The number of hydroxylamine groups is 1. The summed E-state index contributed by atoms with van der Waals surface area (Å²) >= 11 is 0. The fourth-order valence-corrected chi connectivity index (χ4v) is 5.41. The number of hydrogen-bond acceptors (Lipinski definition) is 5. The van der Waals surface area contributed by atoms with Gasteiger partial charge >= 0.3 is 0 Å². The molecule has 0 aliphatic carbocycles. The van der Waals surface area contributed by atoms with E-state index in [0.717, 1.165) is 10.5 Å². The zero-order valence-corrected chi connectivity index (χ0v) is 20.0. The molecule has 6 nitrogen and oxygen atoms in total. The molecule has 184 valence electrons. The number of imide groups is 1. The van der Waals surface area contributed by atoms with Gasteiger partial charge in [0.15, 0.2) is 6.10 Å². The minimum atomic E-state index is -1.41. The highest BCUT2D eigenvalue weighted by molar-refractivity contribution is 6.28. The summed E-state index contributed by atoms with van der Waals surface area (Å²) in [4.78, 5) is 36.1. The number of anilines is 2. The van der Waals surface area contributed by atoms with Gasteiger partial charge in [0.05, 0.1) is 18.5 Å². The van der Waals surface area contributed by atoms with Crippen molar-refractivity contribution >= 4 is 23.2 Å². The largest absolute Gasteiger partial charge is 0.497 e. The Labute approximate surface area is 213 Å². The molecule has 0 saturated carbocycles. The van der Waals surface area contributed by atoms with Crippen LogP contribution < -0.4 is 14.7 Å². The average molecular weight is 495 g/mol. The zero-order chi connectivity index (χ0) is 25.6. The molecule has 3 atom stereocenters. The number of carbonyl (C=O) groups excluding carboxylic acids is 2. The first-order chi connectivity index (χ1) is 18.1. The molecule has 0 spiro atoms. The van der Waals surface area contributed by atoms with Crippen molar-refractivity contribution in [3.63, 3.8) is 0 Å². The van der Waals surface area contributed by atoms with Gasteiger partial charge in [-0.05, 0) is 59.7 Å². The Morgan fingerprint density at radius 3 is 2.03 bits per heavy atom. The lowest BCUT2D eigenvalue weighted by molar-refractivity contribution is -0.126. The summed E-state index contributed by atoms with van der Waals surface area (Å²) in [5.41, 5.74) is 1.03. The second-order valence-corrected chi connectivity index (χ2v) is 9.01. The van der Waals surface area contributed by atoms with Gasteiger partial charge in [-0.25, -0.2) is 14.4 Å². The molecule has 0 N–H and O–H groups in total. The van der Waals surface area contributed by atoms with E-state index < -0.39 is 35.2 Å². The van der Waals surface area contributed by atoms with Crippen molar-refractivity contribution in [1.82, 2.24) is 0 Å². The van der Waals surface area contributed by atoms with Crippen LogP contribution >= 0.6 is 0 Å². The summed E-state index contributed by atoms with van der Waals surface area (Å²) in [5.74, 6) is -0.721. The molecule has 4 aromatic rings. The van der Waals surface area contributed by atoms with E-state index in [2.05, 4.69) is 0 Å². The van der Waals surface area contributed by atoms with Crippen LogP contribution in [0.4, 0.5) is 15.8 Å². The Kier molecular flexibility index (Phi) is 5.50. The molecule has 0 bridgehead atoms. The molecule has 37 heavy (non-hydrogen) atoms. The van der Waals surface area contributed by atoms with Gasteiger partial charge < -0.3 is 4.74 Å². The minimum Gasteiger partial charge on any atom is -0.497 e. The van der Waals surface area contributed by atoms with Crippen molar-refractivity contribution in [2.45, 2.75) is 17.6 Å². The second kappa shape index (κ2) is 8.87. The van der Waals surface area contributed by atoms with E-state index in [1.54, 1.807) is 12.2 Å². The van der Waals surface area contributed by atoms with Gasteiger partial charge in [-0.3, -0.25) is 14.4 Å². The van der Waals surface area contributed by atoms with E-state index >= 15 is 0 Å². The molecule has 7 heteroatoms. The summed E-state index contributed by atoms with van der Waals surface area (Å²) in [7, 11) is 1.59. The number of carbonyl (C=O) groups is 2. The van der Waals surface area contributed by atoms with Gasteiger partial charge in [0.25, 0.3) is 5.91 Å². The molecule has 0 radical (unpaired) electrons. The van der Waals surface area contributed by atoms with E-state index in [1.165, 1.54) is 24.3 Å². The molecule has 2 saturated heterocycles. The fraction of sp³-hybridized carbons (Fsp3) is 0.133. The Bertz CT molecular complexity index is 1440. The number of benzene rings is 4. The van der Waals surface area contributed by atoms with Crippen LogP contribution in [0.15, 0.2) is 109 Å². The maximum Gasteiger partial charge on any atom is 0.267 e. The predicted molar refractivity (Wildman–Crippen MR) is 137 cm³/mol. The van der Waals surface area contributed by atoms with Crippen LogP contribution in [0, 0.1) is 5.82 Å². The lowest BCUT2D eigenvalue weighted by atomic mass is 9.69. The molecule has 0 unspecified atom stereocenters. The minimum absolute atomic E-state index is 0.296. The van der Waals surface area contributed by atoms with Crippen molar-refractivity contribution < 1.29 is 23.6 Å². The summed E-state index contributed by atoms with van der Waals surface area (Å²) in [6.45, 7) is 0. The summed E-state index contributed by atoms with van der Waals surface area (Å²) < 4.78 is 19.1. The number of hydrogen-bond donors (Lipinski definition) is 0. The number of rotatable bonds is 5. The number of para-hydroxylation sites is 1. The lowest BCUT2D eigenvalue weighted by Gasteiger charge is -2.35. The number of ether oxygens (including phenoxy) is 1. The van der Waals surface area contributed by atoms with Gasteiger partial charge in [0, 0.05) is 0 Å². The topological polar surface area (TPSA) is 59.1 Å². The standard InChI is InChI=1S/C30H23FN2O4/c1-36-25-18-12-20(13-19-25)26-30(21-8-4-2-5-9-21)27(37-33(26)24-10-6-3-7-11-24)28(34)32(29(30)35)23-16-14-22(31)15-17-23/h2-19,26-27H,1H3/t26-,27-,30-/m1/s1. The van der Waals surface area contributed by atoms with Crippen molar-refractivity contribution in [2.75, 3.05) is 17.1 Å². The van der Waals surface area contributed by atoms with Crippen molar-refractivity contribution in [3.8, 4) is 5.75 Å². The quantitative estimate of drug-likeness (QED) is 0.357. The van der Waals surface area contributed by atoms with Crippen molar-refractivity contribution in [3.05, 3.63) is 126 Å². The molecule has 2 fully saturated rings. The normalized spacial score (nSPS) is 22.9. The highest BCUT2D eigenvalue weighted by Gasteiger charge is 2.72. The van der Waals surface area contributed by atoms with Gasteiger partial charge in [-0.2, -0.15) is 0 Å². The highest BCUT2D eigenvalue weighted by Crippen LogP contribution is 2.57. The molecule has 4 aromatic carbocycles. The monoisotopic (exact) mass is 494 g/mol. The fourth-order valence-electron chi connectivity index (χ4n) is 5.41. The third kappa shape index (κ3) is 3.42. The first-order valence-corrected chi connectivity index (χ1v) is 11.9. The number of methoxy groups -OCH3 is 1. The third-order valence-corrected chi connectivity index (χ3v) is 7.08. The molecular formula is C30H23FN2O4. The van der Waals surface area contributed by atoms with Crippen LogP contribution in [0.3, 0.4) is 0 Å². The number of nitrogens with zero attached hydrogens (tertiary/aromatic N) is 2. The summed E-state index contributed by atoms with van der Waals surface area (Å²) in [6, 6.07) is 30.7. The predicted octanol–water partition coefficient (Wildman–Crippen LogP) is 5.21. The molecule has 0 aromatic heterocycles. The second-order valence-electron chi connectivity index (χ2n) is 9.01. The van der Waals surface area contributed by atoms with E-state index in [4.69, 9.17) is 9.57 Å². The number of halogens is 1. The van der Waals surface area contributed by atoms with Crippen LogP contribution in [0.25, 0.3) is 0 Å². The van der Waals surface area contributed by atoms with Gasteiger partial charge in [-0.1, -0.05) is 60.7 Å². The van der Waals surface area contributed by atoms with Crippen LogP contribution in [0.1, 0.15) is 17.2 Å². The van der Waals surface area contributed by atoms with Gasteiger partial charge in [0.1, 0.15) is 23.0 Å². The lowest BCUT2D eigenvalue weighted by Crippen LogP contribution is -2.46. The van der Waals surface area contributed by atoms with E-state index in [9.17, 15) is 14.0 Å². The Morgan fingerprint density at radius 2 is 1.41 bits per heavy atom. The Balaban J connectivity index is 1.60. The molecular weight excluding hydrogens is 471 g/mol. The maximum atomic E-state index is 14.6. The first-order valence-electron chi connectivity index (χ1n) is 11.9. The van der Waals surface area contributed by atoms with Gasteiger partial charge in [-0.15, -0.1) is 0 Å². The summed E-state index contributed by atoms with van der Waals surface area (Å²) in [5, 5.41) is 1.66. The maximum absolute atomic E-state index is 14.6. The zero-order valence-electron chi connectivity index (χ0n) is 20.0. The first kappa shape index (κ1) is 22.9. The molecule has 6 rings (SSSR count). The van der Waals surface area contributed by atoms with Crippen LogP contribution in [-0.4, -0.2) is 25.0 Å². The van der Waals surface area contributed by atoms with Crippen LogP contribution in [0.2, 0.25) is 0 Å². The Hall–Kier alpha value is -4.49. The number of fused-ring (bicyclic) bond motifs is 1. The molecule has 2 amide bonds.